The first-order valence-corrected chi connectivity index (χ1v) is 32.5. The summed E-state index contributed by atoms with van der Waals surface area (Å²) in [6, 6.07) is -3.28. The number of nitrogens with zero attached hydrogens (tertiary/aromatic N) is 8. The largest absolute Gasteiger partial charge is 0.361 e. The van der Waals surface area contributed by atoms with Crippen molar-refractivity contribution in [3.8, 4) is 0 Å². The van der Waals surface area contributed by atoms with Crippen molar-refractivity contribution in [1.29, 1.82) is 0 Å². The molecule has 1 aliphatic rings. The van der Waals surface area contributed by atoms with Gasteiger partial charge in [-0.2, -0.15) is 0 Å². The van der Waals surface area contributed by atoms with Crippen LogP contribution in [0.15, 0.2) is 30.5 Å². The topological polar surface area (TPSA) is 295 Å². The number of hydrogen-bond acceptors (Lipinski definition) is 12. The zero-order valence-electron chi connectivity index (χ0n) is 59.4. The fourth-order valence-electron chi connectivity index (χ4n) is 12.5. The molecule has 0 aliphatic carbocycles. The SMILES string of the molecule is CC[C@H](C)[C@@H]1NC(=O)[C@@H]([C@@H](C)CC)N(C)C(=O)[C@H](Cc2c[nH]c3ccccc23)NC(=O)CN(C)C(=O)[C@H](C(C)C)N(C)C(=O)[C@@H](C(C)C)NC(=O)CNC(=O)[C@@H](C(C)C)N(C)C(=O)[C@H](C(C)C)N(C)C(=O)CN(C)C(=O)[C@H](C(C)C)N(C)C(=O)[C@@H](C(C)C)N(C)C1=O. The Morgan fingerprint density at radius 1 is 0.413 bits per heavy atom. The molecule has 5 N–H and O–H groups in total. The lowest BCUT2D eigenvalue weighted by atomic mass is 9.92. The molecule has 0 saturated carbocycles. The molecule has 0 spiro atoms. The first kappa shape index (κ1) is 78.6. The van der Waals surface area contributed by atoms with Crippen LogP contribution in [-0.2, 0) is 64.0 Å². The summed E-state index contributed by atoms with van der Waals surface area (Å²) in [7, 11) is 11.5. The van der Waals surface area contributed by atoms with Gasteiger partial charge in [-0.25, -0.2) is 0 Å². The van der Waals surface area contributed by atoms with E-state index in [9.17, 15) is 38.4 Å². The van der Waals surface area contributed by atoms with Crippen LogP contribution in [0, 0.1) is 47.3 Å². The van der Waals surface area contributed by atoms with Crippen LogP contribution in [-0.4, -0.2) is 245 Å². The number of aromatic nitrogens is 1. The van der Waals surface area contributed by atoms with Crippen LogP contribution in [0.5, 0.6) is 0 Å². The normalized spacial score (nSPS) is 25.3. The highest BCUT2D eigenvalue weighted by Crippen LogP contribution is 2.26. The Morgan fingerprint density at radius 2 is 0.837 bits per heavy atom. The highest BCUT2D eigenvalue weighted by Gasteiger charge is 2.45. The van der Waals surface area contributed by atoms with E-state index in [1.165, 1.54) is 90.7 Å². The van der Waals surface area contributed by atoms with Crippen LogP contribution >= 0.6 is 0 Å². The second kappa shape index (κ2) is 34.3. The summed E-state index contributed by atoms with van der Waals surface area (Å²) < 4.78 is 0. The predicted molar refractivity (Wildman–Crippen MR) is 353 cm³/mol. The van der Waals surface area contributed by atoms with Crippen LogP contribution in [0.3, 0.4) is 0 Å². The average Bonchev–Trinajstić information content (AvgIpc) is 0.950. The van der Waals surface area contributed by atoms with Gasteiger partial charge in [-0.05, 0) is 59.0 Å². The van der Waals surface area contributed by atoms with Crippen molar-refractivity contribution >= 4 is 81.8 Å². The van der Waals surface area contributed by atoms with Gasteiger partial charge in [-0.3, -0.25) is 57.5 Å². The molecule has 12 amide bonds. The summed E-state index contributed by atoms with van der Waals surface area (Å²) in [5.41, 5.74) is 1.44. The average molecular weight is 1290 g/mol. The molecule has 0 unspecified atom stereocenters. The standard InChI is InChI=1S/C67H111N13O12/c1-25-42(15)52-63(88)78(22)57(41(13)14)67(92)79(23)55(39(9)10)65(90)74(18)35-50(83)75(19)56(40(11)12)66(91)76(20)53(37(5)6)59(84)69-33-48(81)71-51(36(3)4)62(87)77(21)54(38(7)8)64(89)73(17)34-49(82)70-47(31-44-32-68-46-30-28-27-29-45(44)46)61(86)80(24)58(43(16)26-2)60(85)72-52/h27-30,32,36-43,47,51-58,68H,25-26,31,33-35H2,1-24H3,(H,69,84)(H,70,82)(H,71,81)(H,72,85)/t42-,43-,47-,51+,52-,53+,54-,55-,56-,57+,58+/m0/s1. The summed E-state index contributed by atoms with van der Waals surface area (Å²) in [4.78, 5) is 189. The number of para-hydroxylation sites is 1. The number of rotatable bonds is 12. The van der Waals surface area contributed by atoms with E-state index in [4.69, 9.17) is 0 Å². The number of fused-ring (bicyclic) bond motifs is 1. The van der Waals surface area contributed by atoms with Crippen LogP contribution in [0.4, 0.5) is 0 Å². The highest BCUT2D eigenvalue weighted by molar-refractivity contribution is 6.00. The smallest absolute Gasteiger partial charge is 0.246 e. The number of likely N-dealkylation sites (N-methyl/N-ethyl adjacent to an activating group) is 8. The predicted octanol–water partition coefficient (Wildman–Crippen LogP) is 3.20. The van der Waals surface area contributed by atoms with Gasteiger partial charge in [0.25, 0.3) is 0 Å². The number of aromatic amines is 1. The number of H-pyrrole nitrogens is 1. The van der Waals surface area contributed by atoms with Crippen LogP contribution < -0.4 is 21.3 Å². The van der Waals surface area contributed by atoms with Crippen LogP contribution in [0.1, 0.15) is 129 Å². The van der Waals surface area contributed by atoms with E-state index in [1.54, 1.807) is 103 Å². The van der Waals surface area contributed by atoms with Gasteiger partial charge in [0, 0.05) is 79.9 Å². The third-order valence-electron chi connectivity index (χ3n) is 18.2. The number of amides is 12. The molecule has 0 radical (unpaired) electrons. The van der Waals surface area contributed by atoms with Gasteiger partial charge in [0.05, 0.1) is 19.6 Å². The Bertz CT molecular complexity index is 2940. The van der Waals surface area contributed by atoms with E-state index < -0.39 is 192 Å². The van der Waals surface area contributed by atoms with Crippen molar-refractivity contribution in [1.82, 2.24) is 65.5 Å². The van der Waals surface area contributed by atoms with E-state index >= 15 is 19.2 Å². The number of nitrogens with one attached hydrogen (secondary N) is 5. The first-order valence-electron chi connectivity index (χ1n) is 32.5. The van der Waals surface area contributed by atoms with Gasteiger partial charge in [0.15, 0.2) is 0 Å². The second-order valence-corrected chi connectivity index (χ2v) is 27.5. The number of carbonyl (C=O) groups excluding carboxylic acids is 12. The Labute approximate surface area is 546 Å². The molecule has 1 saturated heterocycles. The minimum Gasteiger partial charge on any atom is -0.361 e. The van der Waals surface area contributed by atoms with E-state index in [-0.39, 0.29) is 6.42 Å². The lowest BCUT2D eigenvalue weighted by Gasteiger charge is -2.41. The minimum absolute atomic E-state index is 0.0517. The first-order chi connectivity index (χ1) is 42.7. The van der Waals surface area contributed by atoms with Crippen molar-refractivity contribution in [2.75, 3.05) is 76.0 Å². The van der Waals surface area contributed by atoms with E-state index in [0.29, 0.717) is 18.4 Å². The highest BCUT2D eigenvalue weighted by atomic mass is 16.2. The van der Waals surface area contributed by atoms with Gasteiger partial charge in [0.2, 0.25) is 70.9 Å². The zero-order chi connectivity index (χ0) is 70.4. The lowest BCUT2D eigenvalue weighted by molar-refractivity contribution is -0.155. The third-order valence-corrected chi connectivity index (χ3v) is 18.2. The molecule has 3 rings (SSSR count). The number of carbonyl (C=O) groups is 12. The van der Waals surface area contributed by atoms with E-state index in [2.05, 4.69) is 26.3 Å². The van der Waals surface area contributed by atoms with Crippen molar-refractivity contribution in [3.05, 3.63) is 36.0 Å². The lowest BCUT2D eigenvalue weighted by Crippen LogP contribution is -2.63. The van der Waals surface area contributed by atoms with Gasteiger partial charge >= 0.3 is 0 Å². The van der Waals surface area contributed by atoms with Crippen molar-refractivity contribution in [2.24, 2.45) is 47.3 Å². The molecule has 25 nitrogen and oxygen atoms in total. The monoisotopic (exact) mass is 1290 g/mol. The molecule has 1 aromatic heterocycles. The maximum absolute atomic E-state index is 15.3. The van der Waals surface area contributed by atoms with Gasteiger partial charge in [-0.1, -0.05) is 142 Å². The van der Waals surface area contributed by atoms with Crippen molar-refractivity contribution < 1.29 is 57.5 Å². The Balaban J connectivity index is 2.29. The zero-order valence-corrected chi connectivity index (χ0v) is 59.4. The van der Waals surface area contributed by atoms with Crippen molar-refractivity contribution in [3.63, 3.8) is 0 Å². The maximum Gasteiger partial charge on any atom is 0.246 e. The van der Waals surface area contributed by atoms with Crippen LogP contribution in [0.25, 0.3) is 10.9 Å². The molecule has 1 fully saturated rings. The summed E-state index contributed by atoms with van der Waals surface area (Å²) >= 11 is 0. The summed E-state index contributed by atoms with van der Waals surface area (Å²) in [5, 5.41) is 12.0. The van der Waals surface area contributed by atoms with Crippen LogP contribution in [0.2, 0.25) is 0 Å². The maximum atomic E-state index is 15.3. The number of benzene rings is 1. The molecule has 25 heteroatoms. The molecule has 1 aromatic carbocycles. The Hall–Kier alpha value is -7.60. The fraction of sp³-hybridized carbons (Fsp3) is 0.701. The third kappa shape index (κ3) is 19.0. The van der Waals surface area contributed by atoms with Gasteiger partial charge in [-0.15, -0.1) is 0 Å². The van der Waals surface area contributed by atoms with Gasteiger partial charge < -0.3 is 65.5 Å². The fourth-order valence-corrected chi connectivity index (χ4v) is 12.5. The summed E-state index contributed by atoms with van der Waals surface area (Å²) in [5.74, 6) is -11.8. The van der Waals surface area contributed by atoms with Gasteiger partial charge in [0.1, 0.15) is 54.4 Å². The summed E-state index contributed by atoms with van der Waals surface area (Å²) in [6.45, 7) is 26.4. The molecule has 516 valence electrons. The second-order valence-electron chi connectivity index (χ2n) is 27.5. The molecule has 2 aromatic rings. The van der Waals surface area contributed by atoms with Crippen molar-refractivity contribution in [2.45, 2.75) is 184 Å². The molecule has 0 bridgehead atoms. The molecule has 2 heterocycles. The quantitative estimate of drug-likeness (QED) is 0.205. The number of hydrogen-bond donors (Lipinski definition) is 5. The molecular weight excluding hydrogens is 1180 g/mol. The van der Waals surface area contributed by atoms with E-state index in [1.807, 2.05) is 38.1 Å². The Kier molecular flexibility index (Phi) is 29.4. The molecule has 92 heavy (non-hydrogen) atoms. The molecule has 1 aliphatic heterocycles. The Morgan fingerprint density at radius 3 is 1.32 bits per heavy atom. The minimum atomic E-state index is -1.32. The summed E-state index contributed by atoms with van der Waals surface area (Å²) in [6.07, 6.45) is 2.49. The molecular formula is C67H111N13O12. The van der Waals surface area contributed by atoms with E-state index in [0.717, 1.165) is 15.8 Å². The molecule has 11 atom stereocenters.